The van der Waals surface area contributed by atoms with Gasteiger partial charge < -0.3 is 15.0 Å². The molecule has 0 bridgehead atoms. The van der Waals surface area contributed by atoms with Crippen LogP contribution in [0.1, 0.15) is 24.1 Å². The van der Waals surface area contributed by atoms with Gasteiger partial charge in [0.15, 0.2) is 0 Å². The minimum atomic E-state index is 0.0972. The van der Waals surface area contributed by atoms with Crippen molar-refractivity contribution in [2.75, 3.05) is 26.3 Å². The third-order valence-electron chi connectivity index (χ3n) is 4.00. The van der Waals surface area contributed by atoms with Gasteiger partial charge in [0.05, 0.1) is 10.4 Å². The monoisotopic (exact) mass is 372 g/mol. The Kier molecular flexibility index (Phi) is 5.19. The first-order valence-electron chi connectivity index (χ1n) is 7.59. The second-order valence-corrected chi connectivity index (χ2v) is 8.35. The van der Waals surface area contributed by atoms with E-state index in [1.54, 1.807) is 11.3 Å². The SMILES string of the molecule is O=C(NCCc1ccc(Br)s1)N(CC1CCOC1)C1CC1. The number of halogens is 1. The number of hydrogen-bond acceptors (Lipinski definition) is 3. The first-order valence-corrected chi connectivity index (χ1v) is 9.20. The molecule has 1 aliphatic heterocycles. The number of nitrogens with one attached hydrogen (secondary N) is 1. The van der Waals surface area contributed by atoms with Crippen LogP contribution in [-0.2, 0) is 11.2 Å². The van der Waals surface area contributed by atoms with Gasteiger partial charge in [0, 0.05) is 36.5 Å². The zero-order valence-electron chi connectivity index (χ0n) is 12.0. The van der Waals surface area contributed by atoms with E-state index in [0.29, 0.717) is 18.5 Å². The summed E-state index contributed by atoms with van der Waals surface area (Å²) < 4.78 is 6.56. The smallest absolute Gasteiger partial charge is 0.317 e. The zero-order chi connectivity index (χ0) is 14.7. The van der Waals surface area contributed by atoms with Gasteiger partial charge in [0.25, 0.3) is 0 Å². The van der Waals surface area contributed by atoms with Crippen LogP contribution < -0.4 is 5.32 Å². The molecule has 1 saturated heterocycles. The third kappa shape index (κ3) is 4.44. The van der Waals surface area contributed by atoms with Crippen molar-refractivity contribution in [1.82, 2.24) is 10.2 Å². The fourth-order valence-corrected chi connectivity index (χ4v) is 4.15. The summed E-state index contributed by atoms with van der Waals surface area (Å²) in [5, 5.41) is 3.07. The van der Waals surface area contributed by atoms with Crippen molar-refractivity contribution in [3.63, 3.8) is 0 Å². The van der Waals surface area contributed by atoms with Crippen molar-refractivity contribution >= 4 is 33.3 Å². The lowest BCUT2D eigenvalue weighted by molar-refractivity contribution is 0.162. The first-order chi connectivity index (χ1) is 10.2. The van der Waals surface area contributed by atoms with Crippen LogP contribution in [0.5, 0.6) is 0 Å². The van der Waals surface area contributed by atoms with E-state index in [2.05, 4.69) is 33.4 Å². The lowest BCUT2D eigenvalue weighted by atomic mass is 10.1. The summed E-state index contributed by atoms with van der Waals surface area (Å²) in [6, 6.07) is 4.72. The largest absolute Gasteiger partial charge is 0.381 e. The molecule has 0 radical (unpaired) electrons. The second-order valence-electron chi connectivity index (χ2n) is 5.80. The van der Waals surface area contributed by atoms with Gasteiger partial charge in [-0.05, 0) is 53.7 Å². The molecule has 1 N–H and O–H groups in total. The van der Waals surface area contributed by atoms with Crippen LogP contribution in [0.3, 0.4) is 0 Å². The van der Waals surface area contributed by atoms with E-state index in [-0.39, 0.29) is 6.03 Å². The Balaban J connectivity index is 1.45. The average molecular weight is 373 g/mol. The molecule has 2 aliphatic rings. The number of rotatable bonds is 6. The van der Waals surface area contributed by atoms with E-state index < -0.39 is 0 Å². The van der Waals surface area contributed by atoms with Crippen molar-refractivity contribution in [1.29, 1.82) is 0 Å². The lowest BCUT2D eigenvalue weighted by Crippen LogP contribution is -2.44. The minimum Gasteiger partial charge on any atom is -0.381 e. The average Bonchev–Trinajstić information content (AvgIpc) is 3.01. The van der Waals surface area contributed by atoms with Gasteiger partial charge in [-0.15, -0.1) is 11.3 Å². The highest BCUT2D eigenvalue weighted by Crippen LogP contribution is 2.29. The van der Waals surface area contributed by atoms with Gasteiger partial charge in [-0.25, -0.2) is 4.79 Å². The summed E-state index contributed by atoms with van der Waals surface area (Å²) in [5.41, 5.74) is 0. The van der Waals surface area contributed by atoms with E-state index in [1.807, 2.05) is 4.90 Å². The molecule has 6 heteroatoms. The Morgan fingerprint density at radius 3 is 2.90 bits per heavy atom. The standard InChI is InChI=1S/C15H21BrN2O2S/c16-14-4-3-13(21-14)5-7-17-15(19)18(12-1-2-12)9-11-6-8-20-10-11/h3-4,11-12H,1-2,5-10H2,(H,17,19). The van der Waals surface area contributed by atoms with Gasteiger partial charge in [0.2, 0.25) is 0 Å². The van der Waals surface area contributed by atoms with Gasteiger partial charge in [-0.2, -0.15) is 0 Å². The van der Waals surface area contributed by atoms with Crippen molar-refractivity contribution < 1.29 is 9.53 Å². The van der Waals surface area contributed by atoms with E-state index in [0.717, 1.165) is 49.2 Å². The Labute approximate surface area is 138 Å². The predicted molar refractivity (Wildman–Crippen MR) is 87.8 cm³/mol. The molecule has 1 aromatic rings. The van der Waals surface area contributed by atoms with Crippen LogP contribution in [0.4, 0.5) is 4.79 Å². The molecule has 0 spiro atoms. The van der Waals surface area contributed by atoms with Crippen molar-refractivity contribution in [2.45, 2.75) is 31.7 Å². The predicted octanol–water partition coefficient (Wildman–Crippen LogP) is 3.26. The summed E-state index contributed by atoms with van der Waals surface area (Å²) >= 11 is 5.19. The van der Waals surface area contributed by atoms with E-state index >= 15 is 0 Å². The Morgan fingerprint density at radius 2 is 2.29 bits per heavy atom. The van der Waals surface area contributed by atoms with Gasteiger partial charge in [-0.3, -0.25) is 0 Å². The first kappa shape index (κ1) is 15.3. The molecule has 1 aliphatic carbocycles. The van der Waals surface area contributed by atoms with Crippen LogP contribution in [0, 0.1) is 5.92 Å². The Hall–Kier alpha value is -0.590. The Morgan fingerprint density at radius 1 is 1.43 bits per heavy atom. The molecule has 2 heterocycles. The lowest BCUT2D eigenvalue weighted by Gasteiger charge is -2.25. The number of amides is 2. The molecule has 2 amide bonds. The maximum absolute atomic E-state index is 12.4. The summed E-state index contributed by atoms with van der Waals surface area (Å²) in [5.74, 6) is 0.518. The number of carbonyl (C=O) groups is 1. The topological polar surface area (TPSA) is 41.6 Å². The number of carbonyl (C=O) groups excluding carboxylic acids is 1. The molecule has 1 aromatic heterocycles. The van der Waals surface area contributed by atoms with Gasteiger partial charge in [0.1, 0.15) is 0 Å². The number of nitrogens with zero attached hydrogens (tertiary/aromatic N) is 1. The maximum Gasteiger partial charge on any atom is 0.317 e. The number of hydrogen-bond donors (Lipinski definition) is 1. The van der Waals surface area contributed by atoms with Crippen LogP contribution in [0.2, 0.25) is 0 Å². The summed E-state index contributed by atoms with van der Waals surface area (Å²) in [4.78, 5) is 15.7. The van der Waals surface area contributed by atoms with E-state index in [9.17, 15) is 4.79 Å². The Bertz CT molecular complexity index is 484. The second kappa shape index (κ2) is 7.11. The molecule has 3 rings (SSSR count). The summed E-state index contributed by atoms with van der Waals surface area (Å²) in [6.07, 6.45) is 4.28. The summed E-state index contributed by atoms with van der Waals surface area (Å²) in [7, 11) is 0. The van der Waals surface area contributed by atoms with Crippen LogP contribution in [-0.4, -0.2) is 43.3 Å². The molecule has 116 valence electrons. The highest BCUT2D eigenvalue weighted by atomic mass is 79.9. The van der Waals surface area contributed by atoms with Crippen LogP contribution >= 0.6 is 27.3 Å². The molecule has 1 unspecified atom stereocenters. The maximum atomic E-state index is 12.4. The highest BCUT2D eigenvalue weighted by Gasteiger charge is 2.34. The molecule has 1 atom stereocenters. The van der Waals surface area contributed by atoms with Crippen LogP contribution in [0.25, 0.3) is 0 Å². The number of urea groups is 1. The van der Waals surface area contributed by atoms with Crippen molar-refractivity contribution in [2.24, 2.45) is 5.92 Å². The molecular weight excluding hydrogens is 352 g/mol. The third-order valence-corrected chi connectivity index (χ3v) is 5.69. The molecule has 1 saturated carbocycles. The quantitative estimate of drug-likeness (QED) is 0.832. The van der Waals surface area contributed by atoms with Gasteiger partial charge in [-0.1, -0.05) is 0 Å². The zero-order valence-corrected chi connectivity index (χ0v) is 14.4. The molecule has 2 fully saturated rings. The van der Waals surface area contributed by atoms with Gasteiger partial charge >= 0.3 is 6.03 Å². The molecule has 21 heavy (non-hydrogen) atoms. The molecular formula is C15H21BrN2O2S. The normalized spacial score (nSPS) is 21.5. The fourth-order valence-electron chi connectivity index (χ4n) is 2.67. The number of thiophene rings is 1. The minimum absolute atomic E-state index is 0.0972. The fraction of sp³-hybridized carbons (Fsp3) is 0.667. The molecule has 4 nitrogen and oxygen atoms in total. The van der Waals surface area contributed by atoms with Crippen LogP contribution in [0.15, 0.2) is 15.9 Å². The molecule has 0 aromatic carbocycles. The highest BCUT2D eigenvalue weighted by molar-refractivity contribution is 9.11. The number of ether oxygens (including phenoxy) is 1. The van der Waals surface area contributed by atoms with E-state index in [4.69, 9.17) is 4.74 Å². The van der Waals surface area contributed by atoms with Crippen molar-refractivity contribution in [3.8, 4) is 0 Å². The van der Waals surface area contributed by atoms with Crippen molar-refractivity contribution in [3.05, 3.63) is 20.8 Å². The summed E-state index contributed by atoms with van der Waals surface area (Å²) in [6.45, 7) is 3.20. The van der Waals surface area contributed by atoms with E-state index in [1.165, 1.54) is 4.88 Å².